The largest absolute Gasteiger partial charge is 0.469 e. The molecule has 1 saturated heterocycles. The van der Waals surface area contributed by atoms with Crippen LogP contribution in [-0.2, 0) is 25.4 Å². The van der Waals surface area contributed by atoms with Crippen LogP contribution in [0.5, 0.6) is 0 Å². The van der Waals surface area contributed by atoms with Gasteiger partial charge in [0.1, 0.15) is 0 Å². The second kappa shape index (κ2) is 12.1. The minimum absolute atomic E-state index is 0.104. The third kappa shape index (κ3) is 7.88. The Hall–Kier alpha value is -1.39. The van der Waals surface area contributed by atoms with Gasteiger partial charge in [0.2, 0.25) is 0 Å². The summed E-state index contributed by atoms with van der Waals surface area (Å²) in [6.07, 6.45) is 11.4. The lowest BCUT2D eigenvalue weighted by Crippen LogP contribution is -2.30. The number of esters is 1. The van der Waals surface area contributed by atoms with E-state index in [-0.39, 0.29) is 11.8 Å². The van der Waals surface area contributed by atoms with E-state index in [2.05, 4.69) is 35.1 Å². The van der Waals surface area contributed by atoms with Gasteiger partial charge in [0, 0.05) is 19.3 Å². The summed E-state index contributed by atoms with van der Waals surface area (Å²) in [5.41, 5.74) is 1.40. The van der Waals surface area contributed by atoms with Crippen LogP contribution in [0.1, 0.15) is 69.8 Å². The highest BCUT2D eigenvalue weighted by molar-refractivity contribution is 5.68. The Morgan fingerprint density at radius 3 is 2.23 bits per heavy atom. The van der Waals surface area contributed by atoms with Gasteiger partial charge in [-0.1, -0.05) is 49.6 Å². The summed E-state index contributed by atoms with van der Waals surface area (Å²) in [6, 6.07) is 10.7. The van der Waals surface area contributed by atoms with Crippen molar-refractivity contribution in [2.75, 3.05) is 20.3 Å². The summed E-state index contributed by atoms with van der Waals surface area (Å²) < 4.78 is 16.6. The van der Waals surface area contributed by atoms with Crippen LogP contribution in [0, 0.1) is 0 Å². The van der Waals surface area contributed by atoms with E-state index in [4.69, 9.17) is 9.47 Å². The first-order valence-corrected chi connectivity index (χ1v) is 10.1. The first-order valence-electron chi connectivity index (χ1n) is 10.1. The maximum Gasteiger partial charge on any atom is 0.305 e. The van der Waals surface area contributed by atoms with Gasteiger partial charge >= 0.3 is 5.97 Å². The summed E-state index contributed by atoms with van der Waals surface area (Å²) in [6.45, 7) is 1.44. The fourth-order valence-corrected chi connectivity index (χ4v) is 3.57. The van der Waals surface area contributed by atoms with Gasteiger partial charge in [-0.05, 0) is 37.7 Å². The molecule has 0 aromatic heterocycles. The third-order valence-electron chi connectivity index (χ3n) is 5.10. The molecule has 0 bridgehead atoms. The van der Waals surface area contributed by atoms with Gasteiger partial charge in [-0.3, -0.25) is 4.79 Å². The summed E-state index contributed by atoms with van der Waals surface area (Å²) in [5, 5.41) is 0. The molecular weight excluding hydrogens is 328 g/mol. The Labute approximate surface area is 158 Å². The van der Waals surface area contributed by atoms with Crippen molar-refractivity contribution < 1.29 is 19.0 Å². The molecule has 1 aliphatic heterocycles. The van der Waals surface area contributed by atoms with E-state index < -0.39 is 0 Å². The molecule has 0 radical (unpaired) electrons. The molecule has 26 heavy (non-hydrogen) atoms. The maximum absolute atomic E-state index is 11.1. The summed E-state index contributed by atoms with van der Waals surface area (Å²) in [7, 11) is 1.45. The average Bonchev–Trinajstić information content (AvgIpc) is 3.14. The van der Waals surface area contributed by atoms with E-state index in [1.807, 2.05) is 0 Å². The monoisotopic (exact) mass is 362 g/mol. The zero-order valence-electron chi connectivity index (χ0n) is 16.2. The SMILES string of the molecule is COC(=O)CCCCCCCC1(CCCCc2ccccc2)OCCO1. The molecule has 1 aromatic carbocycles. The van der Waals surface area contributed by atoms with Gasteiger partial charge in [0.05, 0.1) is 20.3 Å². The lowest BCUT2D eigenvalue weighted by atomic mass is 9.98. The number of carbonyl (C=O) groups excluding carboxylic acids is 1. The van der Waals surface area contributed by atoms with Crippen LogP contribution in [0.15, 0.2) is 30.3 Å². The molecule has 0 saturated carbocycles. The molecule has 0 N–H and O–H groups in total. The number of benzene rings is 1. The molecule has 0 spiro atoms. The Bertz CT molecular complexity index is 494. The van der Waals surface area contributed by atoms with Crippen LogP contribution >= 0.6 is 0 Å². The number of ether oxygens (including phenoxy) is 3. The Morgan fingerprint density at radius 2 is 1.54 bits per heavy atom. The van der Waals surface area contributed by atoms with E-state index >= 15 is 0 Å². The number of hydrogen-bond donors (Lipinski definition) is 0. The maximum atomic E-state index is 11.1. The Balaban J connectivity index is 1.57. The molecule has 0 aliphatic carbocycles. The molecule has 0 atom stereocenters. The van der Waals surface area contributed by atoms with Crippen molar-refractivity contribution in [2.24, 2.45) is 0 Å². The zero-order valence-corrected chi connectivity index (χ0v) is 16.2. The van der Waals surface area contributed by atoms with Gasteiger partial charge in [-0.15, -0.1) is 0 Å². The second-order valence-corrected chi connectivity index (χ2v) is 7.14. The minimum atomic E-state index is -0.345. The van der Waals surface area contributed by atoms with Gasteiger partial charge in [0.15, 0.2) is 5.79 Å². The van der Waals surface area contributed by atoms with Crippen molar-refractivity contribution in [1.82, 2.24) is 0 Å². The van der Waals surface area contributed by atoms with Gasteiger partial charge in [-0.25, -0.2) is 0 Å². The zero-order chi connectivity index (χ0) is 18.5. The minimum Gasteiger partial charge on any atom is -0.469 e. The highest BCUT2D eigenvalue weighted by Crippen LogP contribution is 2.31. The van der Waals surface area contributed by atoms with Crippen molar-refractivity contribution in [1.29, 1.82) is 0 Å². The quantitative estimate of drug-likeness (QED) is 0.364. The van der Waals surface area contributed by atoms with Gasteiger partial charge in [-0.2, -0.15) is 0 Å². The Kier molecular flexibility index (Phi) is 9.72. The van der Waals surface area contributed by atoms with Crippen LogP contribution < -0.4 is 0 Å². The van der Waals surface area contributed by atoms with E-state index in [0.29, 0.717) is 6.42 Å². The van der Waals surface area contributed by atoms with Crippen LogP contribution in [0.25, 0.3) is 0 Å². The molecule has 4 nitrogen and oxygen atoms in total. The van der Waals surface area contributed by atoms with E-state index in [9.17, 15) is 4.79 Å². The van der Waals surface area contributed by atoms with Crippen LogP contribution in [0.2, 0.25) is 0 Å². The number of unbranched alkanes of at least 4 members (excludes halogenated alkanes) is 5. The van der Waals surface area contributed by atoms with Crippen LogP contribution in [-0.4, -0.2) is 32.1 Å². The van der Waals surface area contributed by atoms with E-state index in [1.165, 1.54) is 25.5 Å². The molecule has 1 aromatic rings. The molecule has 146 valence electrons. The van der Waals surface area contributed by atoms with Crippen LogP contribution in [0.4, 0.5) is 0 Å². The number of carbonyl (C=O) groups is 1. The number of aryl methyl sites for hydroxylation is 1. The highest BCUT2D eigenvalue weighted by atomic mass is 16.7. The predicted molar refractivity (Wildman–Crippen MR) is 103 cm³/mol. The summed E-state index contributed by atoms with van der Waals surface area (Å²) >= 11 is 0. The fraction of sp³-hybridized carbons (Fsp3) is 0.682. The lowest BCUT2D eigenvalue weighted by molar-refractivity contribution is -0.168. The van der Waals surface area contributed by atoms with Crippen molar-refractivity contribution in [3.8, 4) is 0 Å². The molecule has 0 unspecified atom stereocenters. The number of rotatable bonds is 13. The van der Waals surface area contributed by atoms with Gasteiger partial charge in [0.25, 0.3) is 0 Å². The molecular formula is C22H34O4. The third-order valence-corrected chi connectivity index (χ3v) is 5.10. The molecule has 4 heteroatoms. The van der Waals surface area contributed by atoms with Crippen molar-refractivity contribution >= 4 is 5.97 Å². The predicted octanol–water partition coefficient (Wildman–Crippen LogP) is 5.05. The average molecular weight is 363 g/mol. The molecule has 2 rings (SSSR count). The molecule has 1 fully saturated rings. The normalized spacial score (nSPS) is 15.9. The van der Waals surface area contributed by atoms with Crippen molar-refractivity contribution in [2.45, 2.75) is 76.4 Å². The lowest BCUT2D eigenvalue weighted by Gasteiger charge is -2.27. The summed E-state index contributed by atoms with van der Waals surface area (Å²) in [5.74, 6) is -0.449. The smallest absolute Gasteiger partial charge is 0.305 e. The fourth-order valence-electron chi connectivity index (χ4n) is 3.57. The molecule has 1 heterocycles. The first kappa shape index (κ1) is 20.9. The molecule has 1 aliphatic rings. The highest BCUT2D eigenvalue weighted by Gasteiger charge is 2.35. The standard InChI is InChI=1S/C22H34O4/c1-24-21(23)15-8-3-2-4-10-16-22(25-18-19-26-22)17-11-9-14-20-12-6-5-7-13-20/h5-7,12-13H,2-4,8-11,14-19H2,1H3. The number of methoxy groups -OCH3 is 1. The van der Waals surface area contributed by atoms with Crippen molar-refractivity contribution in [3.63, 3.8) is 0 Å². The first-order chi connectivity index (χ1) is 12.7. The van der Waals surface area contributed by atoms with E-state index in [1.54, 1.807) is 0 Å². The van der Waals surface area contributed by atoms with Crippen LogP contribution in [0.3, 0.4) is 0 Å². The second-order valence-electron chi connectivity index (χ2n) is 7.14. The van der Waals surface area contributed by atoms with Crippen molar-refractivity contribution in [3.05, 3.63) is 35.9 Å². The number of hydrogen-bond acceptors (Lipinski definition) is 4. The summed E-state index contributed by atoms with van der Waals surface area (Å²) in [4.78, 5) is 11.1. The van der Waals surface area contributed by atoms with Gasteiger partial charge < -0.3 is 14.2 Å². The van der Waals surface area contributed by atoms with E-state index in [0.717, 1.165) is 64.6 Å². The Morgan fingerprint density at radius 1 is 0.923 bits per heavy atom. The topological polar surface area (TPSA) is 44.8 Å². The molecule has 0 amide bonds.